The predicted octanol–water partition coefficient (Wildman–Crippen LogP) is 0.361. The Bertz CT molecular complexity index is 219. The Morgan fingerprint density at radius 2 is 2.00 bits per heavy atom. The van der Waals surface area contributed by atoms with Gasteiger partial charge in [-0.1, -0.05) is 0 Å². The molecule has 3 nitrogen and oxygen atoms in total. The molecule has 1 atom stereocenters. The van der Waals surface area contributed by atoms with E-state index in [0.717, 1.165) is 12.5 Å². The molecule has 3 aliphatic heterocycles. The van der Waals surface area contributed by atoms with Crippen molar-refractivity contribution in [3.05, 3.63) is 0 Å². The Balaban J connectivity index is 2.03. The first-order valence-electron chi connectivity index (χ1n) is 5.20. The van der Waals surface area contributed by atoms with Gasteiger partial charge in [-0.25, -0.2) is 0 Å². The third-order valence-corrected chi connectivity index (χ3v) is 3.67. The van der Waals surface area contributed by atoms with Crippen molar-refractivity contribution < 1.29 is 9.28 Å². The molecule has 0 aromatic heterocycles. The van der Waals surface area contributed by atoms with E-state index in [0.29, 0.717) is 6.04 Å². The number of rotatable bonds is 1. The summed E-state index contributed by atoms with van der Waals surface area (Å²) in [4.78, 5) is 11.0. The highest BCUT2D eigenvalue weighted by molar-refractivity contribution is 5.73. The SMILES string of the molecule is CC(=O)NC1C[N+]2(C)CCC1CC2. The van der Waals surface area contributed by atoms with Crippen molar-refractivity contribution in [3.63, 3.8) is 0 Å². The molecule has 0 aliphatic carbocycles. The zero-order valence-electron chi connectivity index (χ0n) is 8.55. The maximum absolute atomic E-state index is 11.0. The van der Waals surface area contributed by atoms with Crippen molar-refractivity contribution >= 4 is 5.91 Å². The number of nitrogens with zero attached hydrogens (tertiary/aromatic N) is 1. The van der Waals surface area contributed by atoms with Gasteiger partial charge in [0.05, 0.1) is 32.7 Å². The second-order valence-electron chi connectivity index (χ2n) is 4.89. The zero-order valence-corrected chi connectivity index (χ0v) is 8.55. The molecule has 0 saturated carbocycles. The minimum Gasteiger partial charge on any atom is -0.348 e. The van der Waals surface area contributed by atoms with Crippen LogP contribution in [0.25, 0.3) is 0 Å². The molecule has 3 rings (SSSR count). The van der Waals surface area contributed by atoms with Gasteiger partial charge in [0.15, 0.2) is 0 Å². The number of piperidine rings is 3. The fraction of sp³-hybridized carbons (Fsp3) is 0.900. The van der Waals surface area contributed by atoms with Crippen LogP contribution in [0.4, 0.5) is 0 Å². The van der Waals surface area contributed by atoms with E-state index >= 15 is 0 Å². The fourth-order valence-corrected chi connectivity index (χ4v) is 2.84. The van der Waals surface area contributed by atoms with Crippen molar-refractivity contribution in [1.82, 2.24) is 5.32 Å². The van der Waals surface area contributed by atoms with Crippen molar-refractivity contribution in [1.29, 1.82) is 0 Å². The van der Waals surface area contributed by atoms with Gasteiger partial charge in [0.2, 0.25) is 5.91 Å². The highest BCUT2D eigenvalue weighted by Crippen LogP contribution is 2.32. The average Bonchev–Trinajstić information content (AvgIpc) is 2.02. The Kier molecular flexibility index (Phi) is 2.06. The molecule has 0 radical (unpaired) electrons. The molecule has 13 heavy (non-hydrogen) atoms. The first-order chi connectivity index (χ1) is 6.09. The van der Waals surface area contributed by atoms with E-state index in [1.165, 1.54) is 30.4 Å². The topological polar surface area (TPSA) is 29.1 Å². The lowest BCUT2D eigenvalue weighted by Gasteiger charge is -2.50. The zero-order chi connectivity index (χ0) is 9.47. The van der Waals surface area contributed by atoms with Gasteiger partial charge in [-0.15, -0.1) is 0 Å². The Morgan fingerprint density at radius 3 is 2.46 bits per heavy atom. The number of fused-ring (bicyclic) bond motifs is 3. The maximum Gasteiger partial charge on any atom is 0.217 e. The van der Waals surface area contributed by atoms with Crippen LogP contribution in [0.1, 0.15) is 19.8 Å². The maximum atomic E-state index is 11.0. The number of amides is 1. The lowest BCUT2D eigenvalue weighted by atomic mass is 9.82. The van der Waals surface area contributed by atoms with Crippen LogP contribution < -0.4 is 5.32 Å². The molecule has 3 heterocycles. The van der Waals surface area contributed by atoms with Crippen LogP contribution in [0, 0.1) is 5.92 Å². The fourth-order valence-electron chi connectivity index (χ4n) is 2.84. The molecule has 1 amide bonds. The quantitative estimate of drug-likeness (QED) is 0.584. The third-order valence-electron chi connectivity index (χ3n) is 3.67. The summed E-state index contributed by atoms with van der Waals surface area (Å²) < 4.78 is 1.17. The molecule has 3 saturated heterocycles. The van der Waals surface area contributed by atoms with E-state index in [-0.39, 0.29) is 5.91 Å². The van der Waals surface area contributed by atoms with Gasteiger partial charge in [0, 0.05) is 19.8 Å². The van der Waals surface area contributed by atoms with Crippen LogP contribution in [0.2, 0.25) is 0 Å². The van der Waals surface area contributed by atoms with E-state index in [1.807, 2.05) is 0 Å². The normalized spacial score (nSPS) is 43.2. The molecule has 0 aromatic carbocycles. The lowest BCUT2D eigenvalue weighted by molar-refractivity contribution is -0.925. The summed E-state index contributed by atoms with van der Waals surface area (Å²) in [5.41, 5.74) is 0. The second kappa shape index (κ2) is 2.98. The molecule has 0 spiro atoms. The standard InChI is InChI=1S/C10H18N2O/c1-8(13)11-10-7-12(2)5-3-9(10)4-6-12/h9-10H,3-7H2,1-2H3/p+1. The number of hydrogen-bond donors (Lipinski definition) is 1. The first kappa shape index (κ1) is 9.00. The van der Waals surface area contributed by atoms with E-state index < -0.39 is 0 Å². The first-order valence-corrected chi connectivity index (χ1v) is 5.20. The number of likely N-dealkylation sites (N-methyl/N-ethyl adjacent to an activating group) is 1. The Morgan fingerprint density at radius 1 is 1.38 bits per heavy atom. The number of hydrogen-bond acceptors (Lipinski definition) is 1. The lowest BCUT2D eigenvalue weighted by Crippen LogP contribution is -2.65. The molecular weight excluding hydrogens is 164 g/mol. The number of carbonyl (C=O) groups is 1. The smallest absolute Gasteiger partial charge is 0.217 e. The predicted molar refractivity (Wildman–Crippen MR) is 51.1 cm³/mol. The summed E-state index contributed by atoms with van der Waals surface area (Å²) in [6.07, 6.45) is 2.59. The summed E-state index contributed by atoms with van der Waals surface area (Å²) >= 11 is 0. The van der Waals surface area contributed by atoms with E-state index in [4.69, 9.17) is 0 Å². The van der Waals surface area contributed by atoms with Crippen molar-refractivity contribution in [2.45, 2.75) is 25.8 Å². The molecule has 3 fully saturated rings. The van der Waals surface area contributed by atoms with E-state index in [1.54, 1.807) is 6.92 Å². The minimum atomic E-state index is 0.130. The Hall–Kier alpha value is -0.570. The van der Waals surface area contributed by atoms with Gasteiger partial charge < -0.3 is 9.80 Å². The number of nitrogens with one attached hydrogen (secondary N) is 1. The molecule has 3 heteroatoms. The molecule has 2 bridgehead atoms. The third kappa shape index (κ3) is 1.70. The summed E-state index contributed by atoms with van der Waals surface area (Å²) in [5, 5.41) is 3.08. The molecule has 1 N–H and O–H groups in total. The number of carbonyl (C=O) groups excluding carboxylic acids is 1. The molecule has 1 unspecified atom stereocenters. The summed E-state index contributed by atoms with van der Waals surface area (Å²) in [5.74, 6) is 0.884. The largest absolute Gasteiger partial charge is 0.348 e. The van der Waals surface area contributed by atoms with Crippen molar-refractivity contribution in [3.8, 4) is 0 Å². The van der Waals surface area contributed by atoms with Crippen LogP contribution in [0.3, 0.4) is 0 Å². The molecule has 0 aromatic rings. The second-order valence-corrected chi connectivity index (χ2v) is 4.89. The van der Waals surface area contributed by atoms with Crippen LogP contribution in [0.5, 0.6) is 0 Å². The monoisotopic (exact) mass is 183 g/mol. The summed E-state index contributed by atoms with van der Waals surface area (Å²) in [7, 11) is 2.31. The highest BCUT2D eigenvalue weighted by atomic mass is 16.1. The van der Waals surface area contributed by atoms with Gasteiger partial charge in [-0.3, -0.25) is 4.79 Å². The Labute approximate surface area is 79.7 Å². The molecule has 3 aliphatic rings. The van der Waals surface area contributed by atoms with Crippen LogP contribution in [-0.4, -0.2) is 43.1 Å². The van der Waals surface area contributed by atoms with Gasteiger partial charge in [-0.05, 0) is 5.92 Å². The minimum absolute atomic E-state index is 0.130. The number of quaternary nitrogens is 1. The highest BCUT2D eigenvalue weighted by Gasteiger charge is 2.43. The summed E-state index contributed by atoms with van der Waals surface area (Å²) in [6.45, 7) is 5.38. The summed E-state index contributed by atoms with van der Waals surface area (Å²) in [6, 6.07) is 0.449. The molecular formula is C10H19N2O+. The van der Waals surface area contributed by atoms with Gasteiger partial charge in [0.1, 0.15) is 0 Å². The average molecular weight is 183 g/mol. The van der Waals surface area contributed by atoms with Crippen LogP contribution >= 0.6 is 0 Å². The van der Waals surface area contributed by atoms with Crippen LogP contribution in [-0.2, 0) is 4.79 Å². The van der Waals surface area contributed by atoms with Crippen LogP contribution in [0.15, 0.2) is 0 Å². The van der Waals surface area contributed by atoms with Gasteiger partial charge >= 0.3 is 0 Å². The van der Waals surface area contributed by atoms with Crippen molar-refractivity contribution in [2.75, 3.05) is 26.7 Å². The van der Waals surface area contributed by atoms with Crippen molar-refractivity contribution in [2.24, 2.45) is 5.92 Å². The van der Waals surface area contributed by atoms with Gasteiger partial charge in [-0.2, -0.15) is 0 Å². The van der Waals surface area contributed by atoms with E-state index in [9.17, 15) is 4.79 Å². The van der Waals surface area contributed by atoms with Gasteiger partial charge in [0.25, 0.3) is 0 Å². The van der Waals surface area contributed by atoms with E-state index in [2.05, 4.69) is 12.4 Å². The molecule has 74 valence electrons.